The first-order valence-corrected chi connectivity index (χ1v) is 7.71. The minimum atomic E-state index is -0.106. The van der Waals surface area contributed by atoms with E-state index in [0.717, 1.165) is 22.7 Å². The zero-order valence-corrected chi connectivity index (χ0v) is 13.3. The smallest absolute Gasteiger partial charge is 0.263 e. The number of carbonyl (C=O) groups excluding carboxylic acids is 1. The Morgan fingerprint density at radius 1 is 1.57 bits per heavy atom. The lowest BCUT2D eigenvalue weighted by atomic mass is 10.2. The first-order chi connectivity index (χ1) is 10.0. The van der Waals surface area contributed by atoms with Crippen LogP contribution in [0.25, 0.3) is 10.6 Å². The number of nitrogens with one attached hydrogen (secondary N) is 1. The highest BCUT2D eigenvalue weighted by Gasteiger charge is 2.18. The second-order valence-electron chi connectivity index (χ2n) is 5.08. The molecule has 1 amide bonds. The lowest BCUT2D eigenvalue weighted by molar-refractivity contribution is 0.0939. The van der Waals surface area contributed by atoms with Gasteiger partial charge in [-0.2, -0.15) is 5.10 Å². The minimum Gasteiger partial charge on any atom is -0.396 e. The standard InChI is InChI=1S/C14H20N4O2S/c1-9(5-4-6-19)16-13(20)12-10(2)17-14(21-12)11-7-15-18(3)8-11/h7-9,19H,4-6H2,1-3H3,(H,16,20). The number of aliphatic hydroxyl groups excluding tert-OH is 1. The minimum absolute atomic E-state index is 0.0352. The van der Waals surface area contributed by atoms with Crippen molar-refractivity contribution < 1.29 is 9.90 Å². The van der Waals surface area contributed by atoms with Crippen molar-refractivity contribution in [3.63, 3.8) is 0 Å². The van der Waals surface area contributed by atoms with E-state index in [2.05, 4.69) is 15.4 Å². The van der Waals surface area contributed by atoms with Gasteiger partial charge in [-0.3, -0.25) is 9.48 Å². The Hall–Kier alpha value is -1.73. The van der Waals surface area contributed by atoms with Crippen LogP contribution in [0.5, 0.6) is 0 Å². The molecular weight excluding hydrogens is 288 g/mol. The number of amides is 1. The molecule has 2 rings (SSSR count). The predicted octanol–water partition coefficient (Wildman–Crippen LogP) is 1.74. The van der Waals surface area contributed by atoms with Gasteiger partial charge >= 0.3 is 0 Å². The molecule has 2 aromatic rings. The Labute approximate surface area is 127 Å². The Balaban J connectivity index is 2.10. The van der Waals surface area contributed by atoms with Crippen molar-refractivity contribution in [3.8, 4) is 10.6 Å². The molecule has 1 atom stereocenters. The van der Waals surface area contributed by atoms with Crippen LogP contribution in [0.4, 0.5) is 0 Å². The number of aliphatic hydroxyl groups is 1. The van der Waals surface area contributed by atoms with Gasteiger partial charge in [0.15, 0.2) is 0 Å². The molecule has 114 valence electrons. The predicted molar refractivity (Wildman–Crippen MR) is 82.3 cm³/mol. The molecular formula is C14H20N4O2S. The lowest BCUT2D eigenvalue weighted by Crippen LogP contribution is -2.32. The molecule has 0 aliphatic heterocycles. The Morgan fingerprint density at radius 3 is 2.95 bits per heavy atom. The van der Waals surface area contributed by atoms with Crippen LogP contribution in [0.2, 0.25) is 0 Å². The highest BCUT2D eigenvalue weighted by molar-refractivity contribution is 7.17. The monoisotopic (exact) mass is 308 g/mol. The third-order valence-corrected chi connectivity index (χ3v) is 4.33. The van der Waals surface area contributed by atoms with E-state index in [-0.39, 0.29) is 18.6 Å². The van der Waals surface area contributed by atoms with Gasteiger partial charge in [0, 0.05) is 31.5 Å². The van der Waals surface area contributed by atoms with Crippen molar-refractivity contribution in [1.29, 1.82) is 0 Å². The normalized spacial score (nSPS) is 12.4. The summed E-state index contributed by atoms with van der Waals surface area (Å²) in [5.74, 6) is -0.106. The second kappa shape index (κ2) is 6.82. The molecule has 1 unspecified atom stereocenters. The van der Waals surface area contributed by atoms with Gasteiger partial charge in [-0.25, -0.2) is 4.98 Å². The molecule has 0 fully saturated rings. The van der Waals surface area contributed by atoms with E-state index in [1.807, 2.05) is 27.1 Å². The van der Waals surface area contributed by atoms with Gasteiger partial charge < -0.3 is 10.4 Å². The fourth-order valence-electron chi connectivity index (χ4n) is 2.02. The van der Waals surface area contributed by atoms with Gasteiger partial charge in [0.25, 0.3) is 5.91 Å². The van der Waals surface area contributed by atoms with Crippen molar-refractivity contribution >= 4 is 17.2 Å². The zero-order valence-electron chi connectivity index (χ0n) is 12.5. The fourth-order valence-corrected chi connectivity index (χ4v) is 2.97. The SMILES string of the molecule is Cc1nc(-c2cnn(C)c2)sc1C(=O)NC(C)CCCO. The van der Waals surface area contributed by atoms with E-state index in [1.165, 1.54) is 11.3 Å². The number of nitrogens with zero attached hydrogens (tertiary/aromatic N) is 3. The number of hydrogen-bond donors (Lipinski definition) is 2. The third-order valence-electron chi connectivity index (χ3n) is 3.13. The third kappa shape index (κ3) is 3.89. The van der Waals surface area contributed by atoms with Gasteiger partial charge in [-0.1, -0.05) is 0 Å². The number of carbonyl (C=O) groups is 1. The summed E-state index contributed by atoms with van der Waals surface area (Å²) in [7, 11) is 1.85. The molecule has 0 aliphatic carbocycles. The molecule has 0 aromatic carbocycles. The molecule has 0 bridgehead atoms. The highest BCUT2D eigenvalue weighted by atomic mass is 32.1. The quantitative estimate of drug-likeness (QED) is 0.852. The number of aromatic nitrogens is 3. The van der Waals surface area contributed by atoms with Crippen LogP contribution < -0.4 is 5.32 Å². The number of thiazole rings is 1. The molecule has 0 spiro atoms. The van der Waals surface area contributed by atoms with Crippen molar-refractivity contribution in [3.05, 3.63) is 23.0 Å². The number of aryl methyl sites for hydroxylation is 2. The largest absolute Gasteiger partial charge is 0.396 e. The Bertz CT molecular complexity index is 620. The first-order valence-electron chi connectivity index (χ1n) is 6.89. The maximum absolute atomic E-state index is 12.3. The lowest BCUT2D eigenvalue weighted by Gasteiger charge is -2.12. The average molecular weight is 308 g/mol. The van der Waals surface area contributed by atoms with Crippen LogP contribution in [0, 0.1) is 6.92 Å². The summed E-state index contributed by atoms with van der Waals surface area (Å²) in [6, 6.07) is 0.0352. The van der Waals surface area contributed by atoms with Crippen molar-refractivity contribution in [2.45, 2.75) is 32.7 Å². The van der Waals surface area contributed by atoms with E-state index < -0.39 is 0 Å². The zero-order chi connectivity index (χ0) is 15.4. The molecule has 6 nitrogen and oxygen atoms in total. The van der Waals surface area contributed by atoms with Crippen LogP contribution in [-0.2, 0) is 7.05 Å². The van der Waals surface area contributed by atoms with Crippen LogP contribution in [0.1, 0.15) is 35.1 Å². The summed E-state index contributed by atoms with van der Waals surface area (Å²) >= 11 is 1.37. The summed E-state index contributed by atoms with van der Waals surface area (Å²) < 4.78 is 1.71. The van der Waals surface area contributed by atoms with Gasteiger partial charge in [-0.15, -0.1) is 11.3 Å². The Kier molecular flexibility index (Phi) is 5.08. The molecule has 7 heteroatoms. The van der Waals surface area contributed by atoms with Crippen LogP contribution in [0.15, 0.2) is 12.4 Å². The molecule has 2 aromatic heterocycles. The van der Waals surface area contributed by atoms with E-state index >= 15 is 0 Å². The molecule has 0 saturated carbocycles. The van der Waals surface area contributed by atoms with Gasteiger partial charge in [0.05, 0.1) is 11.9 Å². The number of hydrogen-bond acceptors (Lipinski definition) is 5. The number of rotatable bonds is 6. The van der Waals surface area contributed by atoms with Crippen LogP contribution in [-0.4, -0.2) is 38.4 Å². The van der Waals surface area contributed by atoms with Gasteiger partial charge in [0.1, 0.15) is 9.88 Å². The maximum Gasteiger partial charge on any atom is 0.263 e. The Morgan fingerprint density at radius 2 is 2.33 bits per heavy atom. The fraction of sp³-hybridized carbons (Fsp3) is 0.500. The van der Waals surface area contributed by atoms with E-state index in [1.54, 1.807) is 10.9 Å². The van der Waals surface area contributed by atoms with Gasteiger partial charge in [0.2, 0.25) is 0 Å². The van der Waals surface area contributed by atoms with E-state index in [4.69, 9.17) is 5.11 Å². The van der Waals surface area contributed by atoms with Crippen LogP contribution >= 0.6 is 11.3 Å². The van der Waals surface area contributed by atoms with Crippen molar-refractivity contribution in [2.24, 2.45) is 7.05 Å². The molecule has 0 aliphatic rings. The topological polar surface area (TPSA) is 80.0 Å². The second-order valence-corrected chi connectivity index (χ2v) is 6.08. The summed E-state index contributed by atoms with van der Waals surface area (Å²) in [4.78, 5) is 17.3. The van der Waals surface area contributed by atoms with Crippen molar-refractivity contribution in [1.82, 2.24) is 20.1 Å². The van der Waals surface area contributed by atoms with Gasteiger partial charge in [-0.05, 0) is 26.7 Å². The summed E-state index contributed by atoms with van der Waals surface area (Å²) in [6.07, 6.45) is 5.06. The highest BCUT2D eigenvalue weighted by Crippen LogP contribution is 2.27. The summed E-state index contributed by atoms with van der Waals surface area (Å²) in [5.41, 5.74) is 1.64. The summed E-state index contributed by atoms with van der Waals surface area (Å²) in [5, 5.41) is 16.7. The molecule has 0 saturated heterocycles. The van der Waals surface area contributed by atoms with E-state index in [9.17, 15) is 4.79 Å². The first kappa shape index (κ1) is 15.7. The van der Waals surface area contributed by atoms with E-state index in [0.29, 0.717) is 11.3 Å². The molecule has 21 heavy (non-hydrogen) atoms. The summed E-state index contributed by atoms with van der Waals surface area (Å²) in [6.45, 7) is 3.92. The van der Waals surface area contributed by atoms with Crippen LogP contribution in [0.3, 0.4) is 0 Å². The maximum atomic E-state index is 12.3. The van der Waals surface area contributed by atoms with Crippen molar-refractivity contribution in [2.75, 3.05) is 6.61 Å². The molecule has 0 radical (unpaired) electrons. The molecule has 2 heterocycles. The average Bonchev–Trinajstić information content (AvgIpc) is 3.02. The molecule has 2 N–H and O–H groups in total.